The summed E-state index contributed by atoms with van der Waals surface area (Å²) in [5.74, 6) is -1.00. The molecule has 2 amide bonds. The molecule has 2 aromatic rings. The molecule has 0 saturated heterocycles. The summed E-state index contributed by atoms with van der Waals surface area (Å²) in [4.78, 5) is 26.9. The van der Waals surface area contributed by atoms with Gasteiger partial charge in [-0.3, -0.25) is 13.9 Å². The number of carbonyl (C=O) groups excluding carboxylic acids is 2. The molecule has 0 aliphatic rings. The predicted octanol–water partition coefficient (Wildman–Crippen LogP) is 3.58. The molecule has 0 radical (unpaired) electrons. The lowest BCUT2D eigenvalue weighted by molar-refractivity contribution is -0.140. The van der Waals surface area contributed by atoms with Crippen LogP contribution in [0.4, 0.5) is 10.1 Å². The molecule has 180 valence electrons. The predicted molar refractivity (Wildman–Crippen MR) is 128 cm³/mol. The molecule has 33 heavy (non-hydrogen) atoms. The first kappa shape index (κ1) is 26.6. The highest BCUT2D eigenvalue weighted by Crippen LogP contribution is 2.22. The van der Waals surface area contributed by atoms with Gasteiger partial charge in [0, 0.05) is 31.1 Å². The molecule has 0 spiro atoms. The Morgan fingerprint density at radius 3 is 2.39 bits per heavy atom. The number of hydrogen-bond donors (Lipinski definition) is 1. The van der Waals surface area contributed by atoms with Crippen LogP contribution in [0.1, 0.15) is 32.3 Å². The zero-order chi connectivity index (χ0) is 24.6. The normalized spacial score (nSPS) is 12.2. The van der Waals surface area contributed by atoms with Crippen molar-refractivity contribution in [1.82, 2.24) is 10.2 Å². The number of halogens is 2. The fourth-order valence-electron chi connectivity index (χ4n) is 3.33. The van der Waals surface area contributed by atoms with E-state index in [2.05, 4.69) is 5.32 Å². The van der Waals surface area contributed by atoms with Gasteiger partial charge in [0.15, 0.2) is 0 Å². The van der Waals surface area contributed by atoms with E-state index in [0.29, 0.717) is 22.8 Å². The lowest BCUT2D eigenvalue weighted by Gasteiger charge is -2.29. The molecule has 0 bridgehead atoms. The maximum Gasteiger partial charge on any atom is 0.242 e. The summed E-state index contributed by atoms with van der Waals surface area (Å²) in [6.07, 6.45) is 1.35. The van der Waals surface area contributed by atoms with Gasteiger partial charge in [0.25, 0.3) is 0 Å². The molecular formula is C23H29ClFN3O4S. The fraction of sp³-hybridized carbons (Fsp3) is 0.391. The van der Waals surface area contributed by atoms with Crippen molar-refractivity contribution in [3.8, 4) is 0 Å². The Balaban J connectivity index is 2.14. The van der Waals surface area contributed by atoms with Crippen molar-refractivity contribution in [3.63, 3.8) is 0 Å². The second-order valence-electron chi connectivity index (χ2n) is 7.64. The molecule has 0 saturated carbocycles. The van der Waals surface area contributed by atoms with E-state index in [1.54, 1.807) is 50.2 Å². The van der Waals surface area contributed by atoms with Crippen LogP contribution in [0.5, 0.6) is 0 Å². The molecule has 0 aliphatic heterocycles. The van der Waals surface area contributed by atoms with Gasteiger partial charge in [-0.15, -0.1) is 0 Å². The van der Waals surface area contributed by atoms with Gasteiger partial charge >= 0.3 is 0 Å². The highest BCUT2D eigenvalue weighted by atomic mass is 35.5. The van der Waals surface area contributed by atoms with E-state index in [0.717, 1.165) is 6.26 Å². The molecule has 7 nitrogen and oxygen atoms in total. The molecule has 0 heterocycles. The van der Waals surface area contributed by atoms with Crippen LogP contribution >= 0.6 is 11.6 Å². The minimum absolute atomic E-state index is 0.0253. The minimum Gasteiger partial charge on any atom is -0.355 e. The van der Waals surface area contributed by atoms with Crippen LogP contribution in [-0.4, -0.2) is 50.5 Å². The number of anilines is 1. The second kappa shape index (κ2) is 12.0. The largest absolute Gasteiger partial charge is 0.355 e. The molecule has 1 unspecified atom stereocenters. The topological polar surface area (TPSA) is 86.8 Å². The molecule has 0 aliphatic carbocycles. The van der Waals surface area contributed by atoms with Crippen molar-refractivity contribution in [2.24, 2.45) is 0 Å². The van der Waals surface area contributed by atoms with Crippen LogP contribution in [0, 0.1) is 5.82 Å². The van der Waals surface area contributed by atoms with Gasteiger partial charge in [-0.05, 0) is 56.2 Å². The maximum atomic E-state index is 13.3. The standard InChI is InChI=1S/C23H29ClFN3O4S/c1-4-26-23(30)17(2)27(16-18-10-12-20(25)13-11-18)22(29)9-6-14-28(33(3,31)32)21-8-5-7-19(24)15-21/h5,7-8,10-13,15,17H,4,6,9,14,16H2,1-3H3,(H,26,30). The summed E-state index contributed by atoms with van der Waals surface area (Å²) in [5.41, 5.74) is 1.09. The quantitative estimate of drug-likeness (QED) is 0.514. The number of nitrogens with one attached hydrogen (secondary N) is 1. The van der Waals surface area contributed by atoms with E-state index in [9.17, 15) is 22.4 Å². The van der Waals surface area contributed by atoms with Gasteiger partial charge in [0.05, 0.1) is 11.9 Å². The number of benzene rings is 2. The zero-order valence-corrected chi connectivity index (χ0v) is 20.5. The Labute approximate surface area is 199 Å². The number of amides is 2. The number of rotatable bonds is 11. The maximum absolute atomic E-state index is 13.3. The van der Waals surface area contributed by atoms with E-state index >= 15 is 0 Å². The first-order valence-corrected chi connectivity index (χ1v) is 12.8. The van der Waals surface area contributed by atoms with Gasteiger partial charge in [0.1, 0.15) is 11.9 Å². The summed E-state index contributed by atoms with van der Waals surface area (Å²) < 4.78 is 39.1. The van der Waals surface area contributed by atoms with Gasteiger partial charge in [-0.2, -0.15) is 0 Å². The molecule has 1 N–H and O–H groups in total. The smallest absolute Gasteiger partial charge is 0.242 e. The highest BCUT2D eigenvalue weighted by molar-refractivity contribution is 7.92. The Kier molecular flexibility index (Phi) is 9.67. The molecule has 2 rings (SSSR count). The van der Waals surface area contributed by atoms with E-state index in [4.69, 9.17) is 11.6 Å². The van der Waals surface area contributed by atoms with Crippen molar-refractivity contribution in [2.45, 2.75) is 39.3 Å². The third-order valence-corrected chi connectivity index (χ3v) is 6.46. The van der Waals surface area contributed by atoms with Gasteiger partial charge in [-0.25, -0.2) is 12.8 Å². The monoisotopic (exact) mass is 497 g/mol. The van der Waals surface area contributed by atoms with Crippen LogP contribution in [0.15, 0.2) is 48.5 Å². The van der Waals surface area contributed by atoms with E-state index in [1.807, 2.05) is 0 Å². The molecule has 0 fully saturated rings. The van der Waals surface area contributed by atoms with E-state index in [1.165, 1.54) is 21.3 Å². The lowest BCUT2D eigenvalue weighted by atomic mass is 10.1. The molecule has 2 aromatic carbocycles. The van der Waals surface area contributed by atoms with Gasteiger partial charge in [0.2, 0.25) is 21.8 Å². The zero-order valence-electron chi connectivity index (χ0n) is 18.9. The summed E-state index contributed by atoms with van der Waals surface area (Å²) in [6.45, 7) is 4.03. The number of sulfonamides is 1. The van der Waals surface area contributed by atoms with Crippen molar-refractivity contribution in [1.29, 1.82) is 0 Å². The average molecular weight is 498 g/mol. The average Bonchev–Trinajstić information content (AvgIpc) is 2.75. The van der Waals surface area contributed by atoms with Crippen molar-refractivity contribution < 1.29 is 22.4 Å². The molecule has 0 aromatic heterocycles. The third kappa shape index (κ3) is 8.01. The second-order valence-corrected chi connectivity index (χ2v) is 9.98. The number of nitrogens with zero attached hydrogens (tertiary/aromatic N) is 2. The molecule has 1 atom stereocenters. The number of carbonyl (C=O) groups is 2. The summed E-state index contributed by atoms with van der Waals surface area (Å²) >= 11 is 6.00. The van der Waals surface area contributed by atoms with Crippen molar-refractivity contribution >= 4 is 39.1 Å². The number of likely N-dealkylation sites (N-methyl/N-ethyl adjacent to an activating group) is 1. The van der Waals surface area contributed by atoms with Crippen LogP contribution in [0.2, 0.25) is 5.02 Å². The Morgan fingerprint density at radius 1 is 1.15 bits per heavy atom. The summed E-state index contributed by atoms with van der Waals surface area (Å²) in [7, 11) is -3.59. The van der Waals surface area contributed by atoms with Crippen molar-refractivity contribution in [3.05, 3.63) is 64.9 Å². The summed E-state index contributed by atoms with van der Waals surface area (Å²) in [5, 5.41) is 3.11. The minimum atomic E-state index is -3.59. The molecule has 10 heteroatoms. The van der Waals surface area contributed by atoms with Gasteiger partial charge in [-0.1, -0.05) is 29.8 Å². The van der Waals surface area contributed by atoms with Crippen LogP contribution in [-0.2, 0) is 26.2 Å². The van der Waals surface area contributed by atoms with E-state index in [-0.39, 0.29) is 37.7 Å². The first-order valence-electron chi connectivity index (χ1n) is 10.6. The van der Waals surface area contributed by atoms with Crippen molar-refractivity contribution in [2.75, 3.05) is 23.7 Å². The van der Waals surface area contributed by atoms with Crippen LogP contribution in [0.25, 0.3) is 0 Å². The molecular weight excluding hydrogens is 469 g/mol. The first-order chi connectivity index (χ1) is 15.5. The SMILES string of the molecule is CCNC(=O)C(C)N(Cc1ccc(F)cc1)C(=O)CCCN(c1cccc(Cl)c1)S(C)(=O)=O. The highest BCUT2D eigenvalue weighted by Gasteiger charge is 2.26. The van der Waals surface area contributed by atoms with Gasteiger partial charge < -0.3 is 10.2 Å². The lowest BCUT2D eigenvalue weighted by Crippen LogP contribution is -2.47. The Hall–Kier alpha value is -2.65. The van der Waals surface area contributed by atoms with Crippen LogP contribution < -0.4 is 9.62 Å². The summed E-state index contributed by atoms with van der Waals surface area (Å²) in [6, 6.07) is 11.4. The fourth-order valence-corrected chi connectivity index (χ4v) is 4.47. The number of hydrogen-bond acceptors (Lipinski definition) is 4. The van der Waals surface area contributed by atoms with Crippen LogP contribution in [0.3, 0.4) is 0 Å². The Bertz CT molecular complexity index is 1060. The Morgan fingerprint density at radius 2 is 1.82 bits per heavy atom. The van der Waals surface area contributed by atoms with E-state index < -0.39 is 21.9 Å². The third-order valence-electron chi connectivity index (χ3n) is 5.03.